The summed E-state index contributed by atoms with van der Waals surface area (Å²) in [5.41, 5.74) is 0. The molecule has 0 saturated heterocycles. The van der Waals surface area contributed by atoms with Gasteiger partial charge in [-0.2, -0.15) is 13.5 Å². The predicted molar refractivity (Wildman–Crippen MR) is 75.2 cm³/mol. The Morgan fingerprint density at radius 1 is 1.26 bits per heavy atom. The molecule has 1 aromatic heterocycles. The van der Waals surface area contributed by atoms with E-state index in [4.69, 9.17) is 4.74 Å². The largest absolute Gasteiger partial charge is 0.497 e. The quantitative estimate of drug-likeness (QED) is 0.678. The Bertz CT molecular complexity index is 647. The number of ether oxygens (including phenoxy) is 1. The third-order valence-corrected chi connectivity index (χ3v) is 4.32. The SMILES string of the molecule is COc1ccc(S(=O)(=O)NN=Cc2cccs2)cc1. The van der Waals surface area contributed by atoms with Crippen molar-refractivity contribution in [1.82, 2.24) is 4.83 Å². The highest BCUT2D eigenvalue weighted by Gasteiger charge is 2.12. The first-order chi connectivity index (χ1) is 9.12. The summed E-state index contributed by atoms with van der Waals surface area (Å²) in [5.74, 6) is 0.598. The van der Waals surface area contributed by atoms with Gasteiger partial charge in [0.15, 0.2) is 0 Å². The van der Waals surface area contributed by atoms with Crippen LogP contribution in [-0.2, 0) is 10.0 Å². The van der Waals surface area contributed by atoms with Gasteiger partial charge in [0.05, 0.1) is 18.2 Å². The number of hydrogen-bond donors (Lipinski definition) is 1. The summed E-state index contributed by atoms with van der Waals surface area (Å²) < 4.78 is 28.8. The van der Waals surface area contributed by atoms with Crippen LogP contribution in [0.25, 0.3) is 0 Å². The van der Waals surface area contributed by atoms with Gasteiger partial charge in [0, 0.05) is 4.88 Å². The first kappa shape index (κ1) is 13.6. The molecule has 1 heterocycles. The molecule has 7 heteroatoms. The molecule has 0 unspecified atom stereocenters. The van der Waals surface area contributed by atoms with Crippen molar-refractivity contribution in [2.45, 2.75) is 4.90 Å². The van der Waals surface area contributed by atoms with Gasteiger partial charge in [-0.05, 0) is 35.7 Å². The lowest BCUT2D eigenvalue weighted by atomic mass is 10.3. The zero-order valence-electron chi connectivity index (χ0n) is 10.1. The van der Waals surface area contributed by atoms with Crippen molar-refractivity contribution in [3.8, 4) is 5.75 Å². The van der Waals surface area contributed by atoms with Crippen molar-refractivity contribution in [2.24, 2.45) is 5.10 Å². The van der Waals surface area contributed by atoms with E-state index >= 15 is 0 Å². The number of nitrogens with one attached hydrogen (secondary N) is 1. The topological polar surface area (TPSA) is 67.8 Å². The Balaban J connectivity index is 2.09. The van der Waals surface area contributed by atoms with Crippen LogP contribution in [0.15, 0.2) is 51.8 Å². The van der Waals surface area contributed by atoms with E-state index in [0.29, 0.717) is 5.75 Å². The summed E-state index contributed by atoms with van der Waals surface area (Å²) in [4.78, 5) is 3.17. The van der Waals surface area contributed by atoms with E-state index in [9.17, 15) is 8.42 Å². The molecule has 5 nitrogen and oxygen atoms in total. The molecule has 0 aliphatic rings. The van der Waals surface area contributed by atoms with Crippen molar-refractivity contribution in [3.05, 3.63) is 46.7 Å². The zero-order chi connectivity index (χ0) is 13.7. The van der Waals surface area contributed by atoms with Gasteiger partial charge in [0.25, 0.3) is 10.0 Å². The highest BCUT2D eigenvalue weighted by molar-refractivity contribution is 7.89. The maximum atomic E-state index is 11.9. The average Bonchev–Trinajstić information content (AvgIpc) is 2.92. The second kappa shape index (κ2) is 5.85. The highest BCUT2D eigenvalue weighted by Crippen LogP contribution is 2.15. The molecule has 0 aliphatic heterocycles. The van der Waals surface area contributed by atoms with Crippen LogP contribution in [0.1, 0.15) is 4.88 Å². The number of rotatable bonds is 5. The molecule has 2 rings (SSSR count). The third kappa shape index (κ3) is 3.55. The molecule has 1 aromatic carbocycles. The number of methoxy groups -OCH3 is 1. The lowest BCUT2D eigenvalue weighted by Crippen LogP contribution is -2.18. The second-order valence-corrected chi connectivity index (χ2v) is 6.18. The number of hydrazone groups is 1. The van der Waals surface area contributed by atoms with E-state index < -0.39 is 10.0 Å². The van der Waals surface area contributed by atoms with Crippen LogP contribution < -0.4 is 9.57 Å². The van der Waals surface area contributed by atoms with Crippen LogP contribution in [0.4, 0.5) is 0 Å². The summed E-state index contributed by atoms with van der Waals surface area (Å²) >= 11 is 1.47. The highest BCUT2D eigenvalue weighted by atomic mass is 32.2. The number of hydrogen-bond acceptors (Lipinski definition) is 5. The summed E-state index contributed by atoms with van der Waals surface area (Å²) in [6.07, 6.45) is 1.46. The van der Waals surface area contributed by atoms with Crippen LogP contribution in [0.2, 0.25) is 0 Å². The molecule has 19 heavy (non-hydrogen) atoms. The molecule has 100 valence electrons. The molecule has 0 spiro atoms. The lowest BCUT2D eigenvalue weighted by Gasteiger charge is -2.04. The summed E-state index contributed by atoms with van der Waals surface area (Å²) in [5, 5.41) is 5.61. The van der Waals surface area contributed by atoms with Gasteiger partial charge in [-0.15, -0.1) is 11.3 Å². The summed E-state index contributed by atoms with van der Waals surface area (Å²) in [7, 11) is -2.12. The Morgan fingerprint density at radius 2 is 2.00 bits per heavy atom. The van der Waals surface area contributed by atoms with E-state index in [0.717, 1.165) is 4.88 Å². The lowest BCUT2D eigenvalue weighted by molar-refractivity contribution is 0.414. The fourth-order valence-electron chi connectivity index (χ4n) is 1.33. The van der Waals surface area contributed by atoms with E-state index in [-0.39, 0.29) is 4.90 Å². The van der Waals surface area contributed by atoms with Crippen LogP contribution >= 0.6 is 11.3 Å². The fourth-order valence-corrected chi connectivity index (χ4v) is 2.71. The van der Waals surface area contributed by atoms with Gasteiger partial charge in [-0.1, -0.05) is 6.07 Å². The number of nitrogens with zero attached hydrogens (tertiary/aromatic N) is 1. The van der Waals surface area contributed by atoms with Crippen LogP contribution in [0, 0.1) is 0 Å². The molecule has 0 bridgehead atoms. The standard InChI is InChI=1S/C12H12N2O3S2/c1-17-10-4-6-12(7-5-10)19(15,16)14-13-9-11-3-2-8-18-11/h2-9,14H,1H3. The van der Waals surface area contributed by atoms with E-state index in [2.05, 4.69) is 9.93 Å². The molecule has 0 fully saturated rings. The summed E-state index contributed by atoms with van der Waals surface area (Å²) in [6, 6.07) is 9.79. The average molecular weight is 296 g/mol. The van der Waals surface area contributed by atoms with Crippen LogP contribution in [0.3, 0.4) is 0 Å². The van der Waals surface area contributed by atoms with Crippen LogP contribution in [-0.4, -0.2) is 21.7 Å². The van der Waals surface area contributed by atoms with Gasteiger partial charge in [0.1, 0.15) is 5.75 Å². The molecule has 2 aromatic rings. The van der Waals surface area contributed by atoms with Crippen molar-refractivity contribution in [3.63, 3.8) is 0 Å². The maximum Gasteiger partial charge on any atom is 0.276 e. The van der Waals surface area contributed by atoms with E-state index in [1.54, 1.807) is 12.1 Å². The molecule has 0 aliphatic carbocycles. The Kier molecular flexibility index (Phi) is 4.18. The number of benzene rings is 1. The normalized spacial score (nSPS) is 11.6. The smallest absolute Gasteiger partial charge is 0.276 e. The van der Waals surface area contributed by atoms with Gasteiger partial charge >= 0.3 is 0 Å². The number of sulfonamides is 1. The van der Waals surface area contributed by atoms with Crippen molar-refractivity contribution >= 4 is 27.6 Å². The van der Waals surface area contributed by atoms with Crippen molar-refractivity contribution < 1.29 is 13.2 Å². The summed E-state index contributed by atoms with van der Waals surface area (Å²) in [6.45, 7) is 0. The molecule has 0 atom stereocenters. The van der Waals surface area contributed by atoms with Gasteiger partial charge in [-0.3, -0.25) is 0 Å². The predicted octanol–water partition coefficient (Wildman–Crippen LogP) is 2.07. The van der Waals surface area contributed by atoms with Crippen molar-refractivity contribution in [2.75, 3.05) is 7.11 Å². The minimum Gasteiger partial charge on any atom is -0.497 e. The molecular formula is C12H12N2O3S2. The fraction of sp³-hybridized carbons (Fsp3) is 0.0833. The van der Waals surface area contributed by atoms with Gasteiger partial charge in [0.2, 0.25) is 0 Å². The minimum atomic E-state index is -3.64. The van der Waals surface area contributed by atoms with Gasteiger partial charge in [-0.25, -0.2) is 4.83 Å². The van der Waals surface area contributed by atoms with Gasteiger partial charge < -0.3 is 4.74 Å². The molecule has 0 saturated carbocycles. The number of thiophene rings is 1. The third-order valence-electron chi connectivity index (χ3n) is 2.28. The molecule has 1 N–H and O–H groups in total. The maximum absolute atomic E-state index is 11.9. The molecular weight excluding hydrogens is 284 g/mol. The Hall–Kier alpha value is -1.86. The van der Waals surface area contributed by atoms with Crippen molar-refractivity contribution in [1.29, 1.82) is 0 Å². The first-order valence-corrected chi connectivity index (χ1v) is 7.70. The van der Waals surface area contributed by atoms with E-state index in [1.165, 1.54) is 36.8 Å². The second-order valence-electron chi connectivity index (χ2n) is 3.54. The monoisotopic (exact) mass is 296 g/mol. The zero-order valence-corrected chi connectivity index (χ0v) is 11.7. The molecule has 0 radical (unpaired) electrons. The van der Waals surface area contributed by atoms with E-state index in [1.807, 2.05) is 17.5 Å². The Labute approximate surface area is 115 Å². The first-order valence-electron chi connectivity index (χ1n) is 5.34. The minimum absolute atomic E-state index is 0.136. The molecule has 0 amide bonds. The Morgan fingerprint density at radius 3 is 2.58 bits per heavy atom. The van der Waals surface area contributed by atoms with Crippen LogP contribution in [0.5, 0.6) is 5.75 Å².